The Labute approximate surface area is 91.3 Å². The number of aliphatic hydroxyl groups is 1. The maximum absolute atomic E-state index is 8.89. The Balaban J connectivity index is 2.41. The van der Waals surface area contributed by atoms with Gasteiger partial charge in [0.15, 0.2) is 0 Å². The first kappa shape index (κ1) is 9.84. The van der Waals surface area contributed by atoms with Crippen molar-refractivity contribution in [2.24, 2.45) is 0 Å². The zero-order chi connectivity index (χ0) is 10.7. The van der Waals surface area contributed by atoms with Gasteiger partial charge in [0.2, 0.25) is 0 Å². The number of thiazole rings is 1. The van der Waals surface area contributed by atoms with Crippen molar-refractivity contribution in [1.29, 1.82) is 5.26 Å². The fourth-order valence-electron chi connectivity index (χ4n) is 1.26. The van der Waals surface area contributed by atoms with E-state index < -0.39 is 0 Å². The average molecular weight is 216 g/mol. The van der Waals surface area contributed by atoms with E-state index in [0.29, 0.717) is 10.6 Å². The second-order valence-electron chi connectivity index (χ2n) is 2.98. The molecule has 1 N–H and O–H groups in total. The molecule has 0 saturated carbocycles. The van der Waals surface area contributed by atoms with Gasteiger partial charge in [-0.2, -0.15) is 5.26 Å². The molecule has 0 aliphatic rings. The van der Waals surface area contributed by atoms with Crippen LogP contribution in [-0.4, -0.2) is 10.1 Å². The van der Waals surface area contributed by atoms with E-state index in [9.17, 15) is 0 Å². The van der Waals surface area contributed by atoms with Gasteiger partial charge in [-0.3, -0.25) is 0 Å². The summed E-state index contributed by atoms with van der Waals surface area (Å²) in [5.41, 5.74) is 2.33. The van der Waals surface area contributed by atoms with E-state index >= 15 is 0 Å². The molecule has 0 fully saturated rings. The quantitative estimate of drug-likeness (QED) is 0.837. The summed E-state index contributed by atoms with van der Waals surface area (Å²) in [7, 11) is 0. The summed E-state index contributed by atoms with van der Waals surface area (Å²) in [4.78, 5) is 4.23. The smallest absolute Gasteiger partial charge is 0.119 e. The highest BCUT2D eigenvalue weighted by atomic mass is 32.1. The number of hydrogen-bond donors (Lipinski definition) is 1. The molecular weight excluding hydrogens is 208 g/mol. The van der Waals surface area contributed by atoms with Crippen molar-refractivity contribution in [3.63, 3.8) is 0 Å². The third-order valence-electron chi connectivity index (χ3n) is 1.97. The first-order valence-corrected chi connectivity index (χ1v) is 5.27. The van der Waals surface area contributed by atoms with Crippen molar-refractivity contribution in [3.05, 3.63) is 40.2 Å². The molecule has 1 aromatic carbocycles. The number of nitriles is 1. The van der Waals surface area contributed by atoms with Crippen LogP contribution in [0.15, 0.2) is 29.6 Å². The van der Waals surface area contributed by atoms with Gasteiger partial charge in [-0.15, -0.1) is 11.3 Å². The van der Waals surface area contributed by atoms with Crippen LogP contribution in [0.25, 0.3) is 11.3 Å². The molecule has 0 spiro atoms. The second kappa shape index (κ2) is 4.22. The van der Waals surface area contributed by atoms with Gasteiger partial charge < -0.3 is 5.11 Å². The molecule has 0 radical (unpaired) electrons. The lowest BCUT2D eigenvalue weighted by Gasteiger charge is -1.96. The maximum atomic E-state index is 8.89. The van der Waals surface area contributed by atoms with Crippen molar-refractivity contribution in [3.8, 4) is 17.3 Å². The SMILES string of the molecule is N#Cc1cccc(-c2csc(CO)n2)c1. The average Bonchev–Trinajstić information content (AvgIpc) is 2.78. The molecule has 15 heavy (non-hydrogen) atoms. The van der Waals surface area contributed by atoms with Crippen molar-refractivity contribution >= 4 is 11.3 Å². The molecule has 0 atom stereocenters. The third-order valence-corrected chi connectivity index (χ3v) is 2.81. The minimum atomic E-state index is -0.0391. The number of rotatable bonds is 2. The lowest BCUT2D eigenvalue weighted by atomic mass is 10.1. The van der Waals surface area contributed by atoms with Gasteiger partial charge in [-0.1, -0.05) is 12.1 Å². The van der Waals surface area contributed by atoms with Crippen LogP contribution in [0.2, 0.25) is 0 Å². The molecule has 0 aliphatic heterocycles. The molecular formula is C11H8N2OS. The fraction of sp³-hybridized carbons (Fsp3) is 0.0909. The van der Waals surface area contributed by atoms with Crippen molar-refractivity contribution in [2.75, 3.05) is 0 Å². The van der Waals surface area contributed by atoms with E-state index in [0.717, 1.165) is 11.3 Å². The molecule has 4 heteroatoms. The van der Waals surface area contributed by atoms with E-state index in [4.69, 9.17) is 10.4 Å². The highest BCUT2D eigenvalue weighted by molar-refractivity contribution is 7.09. The lowest BCUT2D eigenvalue weighted by Crippen LogP contribution is -1.83. The van der Waals surface area contributed by atoms with Gasteiger partial charge in [0.05, 0.1) is 23.9 Å². The Kier molecular flexibility index (Phi) is 2.77. The third kappa shape index (κ3) is 2.04. The summed E-state index contributed by atoms with van der Waals surface area (Å²) >= 11 is 1.41. The van der Waals surface area contributed by atoms with E-state index in [1.54, 1.807) is 12.1 Å². The molecule has 0 amide bonds. The van der Waals surface area contributed by atoms with Gasteiger partial charge in [0.1, 0.15) is 5.01 Å². The Hall–Kier alpha value is -1.70. The van der Waals surface area contributed by atoms with Crippen molar-refractivity contribution in [1.82, 2.24) is 4.98 Å². The molecule has 2 rings (SSSR count). The minimum Gasteiger partial charge on any atom is -0.389 e. The normalized spacial score (nSPS) is 9.87. The second-order valence-corrected chi connectivity index (χ2v) is 3.92. The molecule has 0 saturated heterocycles. The van der Waals surface area contributed by atoms with E-state index in [2.05, 4.69) is 11.1 Å². The zero-order valence-corrected chi connectivity index (χ0v) is 8.66. The molecule has 74 valence electrons. The molecule has 0 unspecified atom stereocenters. The lowest BCUT2D eigenvalue weighted by molar-refractivity contribution is 0.281. The Bertz CT molecular complexity index is 513. The van der Waals surface area contributed by atoms with Crippen LogP contribution in [0.1, 0.15) is 10.6 Å². The van der Waals surface area contributed by atoms with Crippen LogP contribution in [0.5, 0.6) is 0 Å². The molecule has 0 bridgehead atoms. The van der Waals surface area contributed by atoms with E-state index in [1.807, 2.05) is 17.5 Å². The monoisotopic (exact) mass is 216 g/mol. The summed E-state index contributed by atoms with van der Waals surface area (Å²) < 4.78 is 0. The number of benzene rings is 1. The minimum absolute atomic E-state index is 0.0391. The van der Waals surface area contributed by atoms with Crippen LogP contribution in [0.3, 0.4) is 0 Å². The van der Waals surface area contributed by atoms with Gasteiger partial charge in [0, 0.05) is 10.9 Å². The molecule has 3 nitrogen and oxygen atoms in total. The number of aromatic nitrogens is 1. The van der Waals surface area contributed by atoms with Gasteiger partial charge >= 0.3 is 0 Å². The Morgan fingerprint density at radius 3 is 3.00 bits per heavy atom. The van der Waals surface area contributed by atoms with Crippen molar-refractivity contribution in [2.45, 2.75) is 6.61 Å². The van der Waals surface area contributed by atoms with Gasteiger partial charge in [-0.25, -0.2) is 4.98 Å². The fourth-order valence-corrected chi connectivity index (χ4v) is 1.93. The Morgan fingerprint density at radius 1 is 1.47 bits per heavy atom. The first-order chi connectivity index (χ1) is 7.33. The number of nitrogens with zero attached hydrogens (tertiary/aromatic N) is 2. The predicted octanol–water partition coefficient (Wildman–Crippen LogP) is 2.17. The first-order valence-electron chi connectivity index (χ1n) is 4.39. The van der Waals surface area contributed by atoms with Gasteiger partial charge in [0.25, 0.3) is 0 Å². The van der Waals surface area contributed by atoms with E-state index in [1.165, 1.54) is 11.3 Å². The van der Waals surface area contributed by atoms with Crippen LogP contribution in [-0.2, 0) is 6.61 Å². The zero-order valence-electron chi connectivity index (χ0n) is 7.84. The summed E-state index contributed by atoms with van der Waals surface area (Å²) in [5.74, 6) is 0. The topological polar surface area (TPSA) is 56.9 Å². The largest absolute Gasteiger partial charge is 0.389 e. The Morgan fingerprint density at radius 2 is 2.33 bits per heavy atom. The highest BCUT2D eigenvalue weighted by Gasteiger charge is 2.04. The predicted molar refractivity (Wildman–Crippen MR) is 58.2 cm³/mol. The highest BCUT2D eigenvalue weighted by Crippen LogP contribution is 2.22. The summed E-state index contributed by atoms with van der Waals surface area (Å²) in [6.45, 7) is -0.0391. The number of hydrogen-bond acceptors (Lipinski definition) is 4. The van der Waals surface area contributed by atoms with Crippen LogP contribution < -0.4 is 0 Å². The van der Waals surface area contributed by atoms with Crippen LogP contribution in [0.4, 0.5) is 0 Å². The summed E-state index contributed by atoms with van der Waals surface area (Å²) in [5, 5.41) is 20.2. The van der Waals surface area contributed by atoms with Crippen LogP contribution >= 0.6 is 11.3 Å². The van der Waals surface area contributed by atoms with Crippen molar-refractivity contribution < 1.29 is 5.11 Å². The molecule has 2 aromatic rings. The van der Waals surface area contributed by atoms with Crippen LogP contribution in [0, 0.1) is 11.3 Å². The molecule has 0 aliphatic carbocycles. The van der Waals surface area contributed by atoms with E-state index in [-0.39, 0.29) is 6.61 Å². The summed E-state index contributed by atoms with van der Waals surface area (Å²) in [6, 6.07) is 9.35. The molecule has 1 heterocycles. The number of aliphatic hydroxyl groups excluding tert-OH is 1. The molecule has 1 aromatic heterocycles. The standard InChI is InChI=1S/C11H8N2OS/c12-5-8-2-1-3-9(4-8)10-7-15-11(6-14)13-10/h1-4,7,14H,6H2. The summed E-state index contributed by atoms with van der Waals surface area (Å²) in [6.07, 6.45) is 0. The van der Waals surface area contributed by atoms with Gasteiger partial charge in [-0.05, 0) is 12.1 Å². The maximum Gasteiger partial charge on any atom is 0.119 e.